The Bertz CT molecular complexity index is 118. The molecule has 0 aromatic heterocycles. The normalized spacial score (nSPS) is 27.5. The Hall–Kier alpha value is -0.160. The molecule has 0 spiro atoms. The number of hydrogen-bond acceptors (Lipinski definition) is 4. The first-order chi connectivity index (χ1) is 5.84. The highest BCUT2D eigenvalue weighted by atomic mass is 16.8. The fourth-order valence-electron chi connectivity index (χ4n) is 0.809. The van der Waals surface area contributed by atoms with Crippen molar-refractivity contribution in [3.05, 3.63) is 0 Å². The van der Waals surface area contributed by atoms with Crippen LogP contribution in [0.25, 0.3) is 0 Å². The predicted octanol–water partition coefficient (Wildman–Crippen LogP) is 0.411. The first-order valence-corrected chi connectivity index (χ1v) is 4.18. The van der Waals surface area contributed by atoms with Crippen molar-refractivity contribution in [2.75, 3.05) is 33.5 Å². The zero-order chi connectivity index (χ0) is 8.81. The Morgan fingerprint density at radius 2 is 1.83 bits per heavy atom. The minimum absolute atomic E-state index is 0.0102. The Labute approximate surface area is 72.7 Å². The molecule has 0 N–H and O–H groups in total. The third-order valence-electron chi connectivity index (χ3n) is 1.60. The largest absolute Gasteiger partial charge is 0.382 e. The third-order valence-corrected chi connectivity index (χ3v) is 1.60. The summed E-state index contributed by atoms with van der Waals surface area (Å²) in [5.41, 5.74) is 0. The van der Waals surface area contributed by atoms with Gasteiger partial charge in [0.15, 0.2) is 6.29 Å². The van der Waals surface area contributed by atoms with E-state index in [1.807, 2.05) is 6.92 Å². The number of epoxide rings is 1. The van der Waals surface area contributed by atoms with E-state index in [0.29, 0.717) is 26.4 Å². The minimum Gasteiger partial charge on any atom is -0.382 e. The highest BCUT2D eigenvalue weighted by Gasteiger charge is 2.34. The average Bonchev–Trinajstić information content (AvgIpc) is 2.74. The summed E-state index contributed by atoms with van der Waals surface area (Å²) in [5.74, 6) is 0. The Morgan fingerprint density at radius 3 is 2.42 bits per heavy atom. The molecule has 0 aromatic carbocycles. The maximum absolute atomic E-state index is 5.26. The van der Waals surface area contributed by atoms with Gasteiger partial charge in [0.25, 0.3) is 0 Å². The van der Waals surface area contributed by atoms with Crippen molar-refractivity contribution < 1.29 is 18.9 Å². The van der Waals surface area contributed by atoms with Gasteiger partial charge in [0.2, 0.25) is 0 Å². The van der Waals surface area contributed by atoms with E-state index >= 15 is 0 Å². The number of ether oxygens (including phenoxy) is 4. The van der Waals surface area contributed by atoms with E-state index in [1.54, 1.807) is 7.11 Å². The molecular formula is C8H16O4. The second-order valence-corrected chi connectivity index (χ2v) is 2.69. The zero-order valence-corrected chi connectivity index (χ0v) is 7.62. The molecule has 1 heterocycles. The van der Waals surface area contributed by atoms with Crippen LogP contribution in [0, 0.1) is 0 Å². The van der Waals surface area contributed by atoms with Crippen LogP contribution < -0.4 is 0 Å². The molecule has 2 atom stereocenters. The molecule has 0 bridgehead atoms. The summed E-state index contributed by atoms with van der Waals surface area (Å²) in [4.78, 5) is 0. The Kier molecular flexibility index (Phi) is 4.53. The lowest BCUT2D eigenvalue weighted by Crippen LogP contribution is -2.10. The standard InChI is InChI=1S/C8H16O4/c1-7-8(12-7)11-6-5-10-4-3-9-2/h7-8H,3-6H2,1-2H3. The SMILES string of the molecule is COCCOCCOC1OC1C. The highest BCUT2D eigenvalue weighted by Crippen LogP contribution is 2.21. The third kappa shape index (κ3) is 4.01. The van der Waals surface area contributed by atoms with Gasteiger partial charge in [-0.1, -0.05) is 0 Å². The highest BCUT2D eigenvalue weighted by molar-refractivity contribution is 4.69. The quantitative estimate of drug-likeness (QED) is 0.416. The summed E-state index contributed by atoms with van der Waals surface area (Å²) in [6.07, 6.45) is 0.278. The van der Waals surface area contributed by atoms with Gasteiger partial charge in [-0.2, -0.15) is 0 Å². The van der Waals surface area contributed by atoms with Gasteiger partial charge in [-0.15, -0.1) is 0 Å². The summed E-state index contributed by atoms with van der Waals surface area (Å²) in [6.45, 7) is 4.45. The van der Waals surface area contributed by atoms with Crippen molar-refractivity contribution >= 4 is 0 Å². The van der Waals surface area contributed by atoms with Gasteiger partial charge in [-0.3, -0.25) is 0 Å². The molecule has 72 valence electrons. The van der Waals surface area contributed by atoms with Crippen LogP contribution in [0.1, 0.15) is 6.92 Å². The molecular weight excluding hydrogens is 160 g/mol. The molecule has 1 aliphatic heterocycles. The van der Waals surface area contributed by atoms with Crippen molar-refractivity contribution in [2.24, 2.45) is 0 Å². The Morgan fingerprint density at radius 1 is 1.17 bits per heavy atom. The van der Waals surface area contributed by atoms with Gasteiger partial charge in [0.05, 0.1) is 26.4 Å². The Balaban J connectivity index is 1.72. The van der Waals surface area contributed by atoms with Crippen molar-refractivity contribution in [3.63, 3.8) is 0 Å². The fraction of sp³-hybridized carbons (Fsp3) is 1.00. The van der Waals surface area contributed by atoms with Gasteiger partial charge in [0, 0.05) is 7.11 Å². The number of rotatable bonds is 7. The monoisotopic (exact) mass is 176 g/mol. The lowest BCUT2D eigenvalue weighted by atomic mass is 10.5. The fourth-order valence-corrected chi connectivity index (χ4v) is 0.809. The molecule has 0 aromatic rings. The molecule has 2 unspecified atom stereocenters. The summed E-state index contributed by atoms with van der Waals surface area (Å²) >= 11 is 0. The summed E-state index contributed by atoms with van der Waals surface area (Å²) in [5, 5.41) is 0. The van der Waals surface area contributed by atoms with E-state index in [4.69, 9.17) is 18.9 Å². The molecule has 0 amide bonds. The van der Waals surface area contributed by atoms with Crippen molar-refractivity contribution in [3.8, 4) is 0 Å². The van der Waals surface area contributed by atoms with Crippen LogP contribution in [0.5, 0.6) is 0 Å². The number of methoxy groups -OCH3 is 1. The van der Waals surface area contributed by atoms with Gasteiger partial charge in [0.1, 0.15) is 6.10 Å². The second-order valence-electron chi connectivity index (χ2n) is 2.69. The first-order valence-electron chi connectivity index (χ1n) is 4.18. The van der Waals surface area contributed by atoms with Crippen molar-refractivity contribution in [1.29, 1.82) is 0 Å². The van der Waals surface area contributed by atoms with E-state index in [1.165, 1.54) is 0 Å². The maximum Gasteiger partial charge on any atom is 0.184 e. The van der Waals surface area contributed by atoms with Crippen LogP contribution in [0.15, 0.2) is 0 Å². The molecule has 0 aliphatic carbocycles. The molecule has 4 nitrogen and oxygen atoms in total. The molecule has 12 heavy (non-hydrogen) atoms. The molecule has 1 saturated heterocycles. The second kappa shape index (κ2) is 5.48. The van der Waals surface area contributed by atoms with E-state index in [-0.39, 0.29) is 12.4 Å². The van der Waals surface area contributed by atoms with Gasteiger partial charge >= 0.3 is 0 Å². The van der Waals surface area contributed by atoms with E-state index in [2.05, 4.69) is 0 Å². The van der Waals surface area contributed by atoms with E-state index in [9.17, 15) is 0 Å². The topological polar surface area (TPSA) is 40.2 Å². The maximum atomic E-state index is 5.26. The number of hydrogen-bond donors (Lipinski definition) is 0. The molecule has 1 aliphatic rings. The zero-order valence-electron chi connectivity index (χ0n) is 7.62. The summed E-state index contributed by atoms with van der Waals surface area (Å²) in [6, 6.07) is 0. The van der Waals surface area contributed by atoms with E-state index < -0.39 is 0 Å². The average molecular weight is 176 g/mol. The van der Waals surface area contributed by atoms with Crippen LogP contribution in [-0.2, 0) is 18.9 Å². The molecule has 0 radical (unpaired) electrons. The first kappa shape index (κ1) is 9.92. The lowest BCUT2D eigenvalue weighted by Gasteiger charge is -2.02. The lowest BCUT2D eigenvalue weighted by molar-refractivity contribution is -0.00592. The van der Waals surface area contributed by atoms with Crippen LogP contribution >= 0.6 is 0 Å². The molecule has 1 fully saturated rings. The van der Waals surface area contributed by atoms with E-state index in [0.717, 1.165) is 0 Å². The van der Waals surface area contributed by atoms with Crippen LogP contribution in [0.4, 0.5) is 0 Å². The molecule has 0 saturated carbocycles. The van der Waals surface area contributed by atoms with Crippen LogP contribution in [0.2, 0.25) is 0 Å². The van der Waals surface area contributed by atoms with Gasteiger partial charge < -0.3 is 18.9 Å². The summed E-state index contributed by atoms with van der Waals surface area (Å²) in [7, 11) is 1.65. The van der Waals surface area contributed by atoms with Crippen LogP contribution in [-0.4, -0.2) is 45.9 Å². The predicted molar refractivity (Wildman–Crippen MR) is 43.0 cm³/mol. The smallest absolute Gasteiger partial charge is 0.184 e. The molecule has 4 heteroatoms. The van der Waals surface area contributed by atoms with Crippen LogP contribution in [0.3, 0.4) is 0 Å². The van der Waals surface area contributed by atoms with Crippen molar-refractivity contribution in [2.45, 2.75) is 19.3 Å². The van der Waals surface area contributed by atoms with Crippen molar-refractivity contribution in [1.82, 2.24) is 0 Å². The molecule has 1 rings (SSSR count). The van der Waals surface area contributed by atoms with Gasteiger partial charge in [-0.25, -0.2) is 0 Å². The van der Waals surface area contributed by atoms with Gasteiger partial charge in [-0.05, 0) is 6.92 Å². The summed E-state index contributed by atoms with van der Waals surface area (Å²) < 4.78 is 20.3. The minimum atomic E-state index is 0.0102.